The van der Waals surface area contributed by atoms with Gasteiger partial charge in [0, 0.05) is 12.7 Å². The van der Waals surface area contributed by atoms with Gasteiger partial charge in [-0.05, 0) is 18.4 Å². The summed E-state index contributed by atoms with van der Waals surface area (Å²) in [6.45, 7) is 5.27. The molecule has 0 bridgehead atoms. The Balaban J connectivity index is 2.59. The van der Waals surface area contributed by atoms with E-state index in [1.165, 1.54) is 5.56 Å². The van der Waals surface area contributed by atoms with Crippen LogP contribution in [0.4, 0.5) is 0 Å². The van der Waals surface area contributed by atoms with E-state index in [1.807, 2.05) is 4.68 Å². The van der Waals surface area contributed by atoms with Crippen molar-refractivity contribution in [3.8, 4) is 0 Å². The highest BCUT2D eigenvalue weighted by atomic mass is 15.3. The van der Waals surface area contributed by atoms with Crippen molar-refractivity contribution in [1.29, 1.82) is 0 Å². The average Bonchev–Trinajstić information content (AvgIpc) is 2.37. The standard InChI is InChI=1S/C8H13N2/c1-3-5-10-7-8(4-2)6-9-10/h7H,3-5H2,1-2H3. The Hall–Kier alpha value is -0.790. The van der Waals surface area contributed by atoms with E-state index in [2.05, 4.69) is 31.3 Å². The molecule has 0 aliphatic rings. The summed E-state index contributed by atoms with van der Waals surface area (Å²) in [6, 6.07) is 0. The fraction of sp³-hybridized carbons (Fsp3) is 0.625. The summed E-state index contributed by atoms with van der Waals surface area (Å²) >= 11 is 0. The molecule has 1 heterocycles. The minimum Gasteiger partial charge on any atom is -0.272 e. The smallest absolute Gasteiger partial charge is 0.116 e. The molecule has 0 unspecified atom stereocenters. The average molecular weight is 137 g/mol. The Morgan fingerprint density at radius 1 is 1.60 bits per heavy atom. The molecule has 0 spiro atoms. The molecule has 0 amide bonds. The normalized spacial score (nSPS) is 10.2. The molecule has 2 nitrogen and oxygen atoms in total. The minimum atomic E-state index is 1.01. The predicted octanol–water partition coefficient (Wildman–Crippen LogP) is 1.66. The van der Waals surface area contributed by atoms with Crippen molar-refractivity contribution in [3.63, 3.8) is 0 Å². The van der Waals surface area contributed by atoms with Gasteiger partial charge in [-0.2, -0.15) is 5.10 Å². The first-order chi connectivity index (χ1) is 4.86. The van der Waals surface area contributed by atoms with Gasteiger partial charge in [0.05, 0.1) is 0 Å². The van der Waals surface area contributed by atoms with Crippen molar-refractivity contribution in [2.45, 2.75) is 33.2 Å². The van der Waals surface area contributed by atoms with E-state index in [-0.39, 0.29) is 0 Å². The number of hydrogen-bond acceptors (Lipinski definition) is 1. The molecule has 0 aliphatic carbocycles. The lowest BCUT2D eigenvalue weighted by Crippen LogP contribution is -1.95. The van der Waals surface area contributed by atoms with Crippen LogP contribution in [0.3, 0.4) is 0 Å². The number of rotatable bonds is 3. The third kappa shape index (κ3) is 1.59. The monoisotopic (exact) mass is 137 g/mol. The molecule has 0 N–H and O–H groups in total. The van der Waals surface area contributed by atoms with Gasteiger partial charge in [0.15, 0.2) is 0 Å². The number of nitrogens with zero attached hydrogens (tertiary/aromatic N) is 2. The van der Waals surface area contributed by atoms with Gasteiger partial charge in [-0.15, -0.1) is 0 Å². The maximum atomic E-state index is 4.07. The van der Waals surface area contributed by atoms with Gasteiger partial charge in [0.2, 0.25) is 0 Å². The molecular weight excluding hydrogens is 124 g/mol. The van der Waals surface area contributed by atoms with Crippen molar-refractivity contribution < 1.29 is 0 Å². The third-order valence-corrected chi connectivity index (χ3v) is 1.46. The Morgan fingerprint density at radius 3 is 2.90 bits per heavy atom. The van der Waals surface area contributed by atoms with Gasteiger partial charge in [-0.3, -0.25) is 4.68 Å². The summed E-state index contributed by atoms with van der Waals surface area (Å²) in [5.74, 6) is 0. The molecule has 0 saturated carbocycles. The summed E-state index contributed by atoms with van der Waals surface area (Å²) in [4.78, 5) is 0. The van der Waals surface area contributed by atoms with E-state index >= 15 is 0 Å². The largest absolute Gasteiger partial charge is 0.272 e. The molecule has 1 aromatic rings. The van der Waals surface area contributed by atoms with Crippen molar-refractivity contribution in [3.05, 3.63) is 18.0 Å². The Kier molecular flexibility index (Phi) is 2.49. The molecule has 0 saturated heterocycles. The SMILES string of the molecule is CCCn1cc(CC)[c]n1. The van der Waals surface area contributed by atoms with Crippen molar-refractivity contribution in [1.82, 2.24) is 9.78 Å². The van der Waals surface area contributed by atoms with Gasteiger partial charge in [-0.25, -0.2) is 0 Å². The fourth-order valence-corrected chi connectivity index (χ4v) is 0.880. The van der Waals surface area contributed by atoms with E-state index in [4.69, 9.17) is 0 Å². The number of hydrogen-bond donors (Lipinski definition) is 0. The Labute approximate surface area is 61.9 Å². The van der Waals surface area contributed by atoms with E-state index in [1.54, 1.807) is 0 Å². The topological polar surface area (TPSA) is 17.8 Å². The molecule has 1 rings (SSSR count). The highest BCUT2D eigenvalue weighted by molar-refractivity contribution is 5.00. The third-order valence-electron chi connectivity index (χ3n) is 1.46. The fourth-order valence-electron chi connectivity index (χ4n) is 0.880. The maximum absolute atomic E-state index is 4.07. The van der Waals surface area contributed by atoms with Crippen molar-refractivity contribution in [2.24, 2.45) is 0 Å². The van der Waals surface area contributed by atoms with Gasteiger partial charge in [0.25, 0.3) is 0 Å². The Morgan fingerprint density at radius 2 is 2.40 bits per heavy atom. The second-order valence-electron chi connectivity index (χ2n) is 2.38. The van der Waals surface area contributed by atoms with Crippen molar-refractivity contribution >= 4 is 0 Å². The van der Waals surface area contributed by atoms with Gasteiger partial charge in [0.1, 0.15) is 6.20 Å². The van der Waals surface area contributed by atoms with Gasteiger partial charge in [-0.1, -0.05) is 13.8 Å². The second kappa shape index (κ2) is 3.40. The lowest BCUT2D eigenvalue weighted by molar-refractivity contribution is 0.601. The van der Waals surface area contributed by atoms with Crippen LogP contribution in [-0.2, 0) is 13.0 Å². The zero-order chi connectivity index (χ0) is 7.40. The zero-order valence-corrected chi connectivity index (χ0v) is 6.59. The summed E-state index contributed by atoms with van der Waals surface area (Å²) in [5, 5.41) is 4.07. The number of aromatic nitrogens is 2. The molecule has 55 valence electrons. The lowest BCUT2D eigenvalue weighted by Gasteiger charge is -1.93. The molecule has 2 heteroatoms. The zero-order valence-electron chi connectivity index (χ0n) is 6.59. The summed E-state index contributed by atoms with van der Waals surface area (Å²) in [5.41, 5.74) is 1.20. The van der Waals surface area contributed by atoms with E-state index in [9.17, 15) is 0 Å². The number of aryl methyl sites for hydroxylation is 2. The molecule has 0 aliphatic heterocycles. The van der Waals surface area contributed by atoms with E-state index in [0.29, 0.717) is 0 Å². The minimum absolute atomic E-state index is 1.01. The van der Waals surface area contributed by atoms with Crippen LogP contribution in [0.1, 0.15) is 25.8 Å². The predicted molar refractivity (Wildman–Crippen MR) is 40.7 cm³/mol. The van der Waals surface area contributed by atoms with Crippen LogP contribution >= 0.6 is 0 Å². The molecule has 1 aromatic heterocycles. The first-order valence-electron chi connectivity index (χ1n) is 3.80. The second-order valence-corrected chi connectivity index (χ2v) is 2.38. The van der Waals surface area contributed by atoms with Crippen LogP contribution in [-0.4, -0.2) is 9.78 Å². The molecule has 0 atom stereocenters. The van der Waals surface area contributed by atoms with Crippen LogP contribution in [0.25, 0.3) is 0 Å². The first-order valence-corrected chi connectivity index (χ1v) is 3.80. The maximum Gasteiger partial charge on any atom is 0.116 e. The summed E-state index contributed by atoms with van der Waals surface area (Å²) in [7, 11) is 0. The molecule has 10 heavy (non-hydrogen) atoms. The van der Waals surface area contributed by atoms with Crippen molar-refractivity contribution in [2.75, 3.05) is 0 Å². The summed E-state index contributed by atoms with van der Waals surface area (Å²) in [6.07, 6.45) is 7.18. The molecule has 1 radical (unpaired) electrons. The highest BCUT2D eigenvalue weighted by Crippen LogP contribution is 1.97. The highest BCUT2D eigenvalue weighted by Gasteiger charge is 1.93. The first kappa shape index (κ1) is 7.32. The summed E-state index contributed by atoms with van der Waals surface area (Å²) < 4.78 is 1.94. The Bertz CT molecular complexity index is 191. The van der Waals surface area contributed by atoms with Gasteiger partial charge < -0.3 is 0 Å². The molecule has 0 fully saturated rings. The van der Waals surface area contributed by atoms with Crippen LogP contribution in [0, 0.1) is 6.20 Å². The van der Waals surface area contributed by atoms with E-state index < -0.39 is 0 Å². The van der Waals surface area contributed by atoms with Crippen LogP contribution in [0.2, 0.25) is 0 Å². The molecular formula is C8H13N2. The van der Waals surface area contributed by atoms with E-state index in [0.717, 1.165) is 19.4 Å². The van der Waals surface area contributed by atoms with Crippen LogP contribution < -0.4 is 0 Å². The molecule has 0 aromatic carbocycles. The quantitative estimate of drug-likeness (QED) is 0.619. The lowest BCUT2D eigenvalue weighted by atomic mass is 10.3. The van der Waals surface area contributed by atoms with Gasteiger partial charge >= 0.3 is 0 Å². The van der Waals surface area contributed by atoms with Crippen LogP contribution in [0.5, 0.6) is 0 Å². The van der Waals surface area contributed by atoms with Crippen LogP contribution in [0.15, 0.2) is 6.20 Å².